The van der Waals surface area contributed by atoms with Gasteiger partial charge < -0.3 is 0 Å². The second-order valence-electron chi connectivity index (χ2n) is 2.51. The van der Waals surface area contributed by atoms with Crippen molar-refractivity contribution in [1.29, 1.82) is 0 Å². The predicted molar refractivity (Wildman–Crippen MR) is 51.6 cm³/mol. The van der Waals surface area contributed by atoms with Gasteiger partial charge in [0, 0.05) is 6.54 Å². The summed E-state index contributed by atoms with van der Waals surface area (Å²) in [6.07, 6.45) is 0.681. The average molecular weight is 223 g/mol. The lowest BCUT2D eigenvalue weighted by Crippen LogP contribution is -2.35. The highest BCUT2D eigenvalue weighted by molar-refractivity contribution is 6.40. The Hall–Kier alpha value is -0.740. The van der Waals surface area contributed by atoms with Gasteiger partial charge in [-0.05, 0) is 6.42 Å². The van der Waals surface area contributed by atoms with E-state index in [1.807, 2.05) is 6.92 Å². The molecular weight excluding hydrogens is 215 g/mol. The molecule has 1 rings (SSSR count). The van der Waals surface area contributed by atoms with Gasteiger partial charge in [0.25, 0.3) is 5.56 Å². The first-order valence-electron chi connectivity index (χ1n) is 3.76. The number of halogens is 2. The summed E-state index contributed by atoms with van der Waals surface area (Å²) in [6.45, 7) is 2.19. The minimum atomic E-state index is -0.544. The van der Waals surface area contributed by atoms with Crippen LogP contribution < -0.4 is 11.2 Å². The number of aromatic nitrogens is 2. The number of rotatable bonds is 2. The zero-order valence-electron chi connectivity index (χ0n) is 6.93. The monoisotopic (exact) mass is 222 g/mol. The van der Waals surface area contributed by atoms with Crippen molar-refractivity contribution in [2.24, 2.45) is 0 Å². The topological polar surface area (TPSA) is 54.9 Å². The van der Waals surface area contributed by atoms with Crippen LogP contribution in [0.25, 0.3) is 0 Å². The van der Waals surface area contributed by atoms with E-state index < -0.39 is 11.2 Å². The fourth-order valence-electron chi connectivity index (χ4n) is 0.948. The highest BCUT2D eigenvalue weighted by atomic mass is 35.5. The number of hydrogen-bond acceptors (Lipinski definition) is 2. The summed E-state index contributed by atoms with van der Waals surface area (Å²) in [7, 11) is 0. The molecule has 0 aliphatic heterocycles. The molecule has 0 bridgehead atoms. The maximum absolute atomic E-state index is 11.3. The lowest BCUT2D eigenvalue weighted by atomic mass is 10.4. The Balaban J connectivity index is 3.45. The van der Waals surface area contributed by atoms with Crippen LogP contribution in [0.15, 0.2) is 9.59 Å². The predicted octanol–water partition coefficient (Wildman–Crippen LogP) is 1.25. The molecule has 0 aromatic carbocycles. The van der Waals surface area contributed by atoms with Crippen molar-refractivity contribution >= 4 is 23.2 Å². The molecule has 0 fully saturated rings. The third-order valence-corrected chi connectivity index (χ3v) is 2.27. The first kappa shape index (κ1) is 10.3. The Bertz CT molecular complexity index is 421. The highest BCUT2D eigenvalue weighted by Gasteiger charge is 2.08. The van der Waals surface area contributed by atoms with E-state index in [9.17, 15) is 9.59 Å². The smallest absolute Gasteiger partial charge is 0.296 e. The van der Waals surface area contributed by atoms with E-state index in [1.54, 1.807) is 0 Å². The maximum Gasteiger partial charge on any atom is 0.329 e. The Kier molecular flexibility index (Phi) is 3.17. The van der Waals surface area contributed by atoms with Crippen LogP contribution in [0.3, 0.4) is 0 Å². The van der Waals surface area contributed by atoms with Crippen LogP contribution in [0, 0.1) is 0 Å². The first-order chi connectivity index (χ1) is 6.07. The molecule has 0 amide bonds. The summed E-state index contributed by atoms with van der Waals surface area (Å²) < 4.78 is 1.02. The molecule has 0 saturated heterocycles. The van der Waals surface area contributed by atoms with Gasteiger partial charge in [-0.2, -0.15) is 0 Å². The van der Waals surface area contributed by atoms with Gasteiger partial charge in [0.2, 0.25) is 0 Å². The Morgan fingerprint density at radius 1 is 1.38 bits per heavy atom. The molecule has 0 unspecified atom stereocenters. The first-order valence-corrected chi connectivity index (χ1v) is 4.51. The van der Waals surface area contributed by atoms with E-state index in [0.29, 0.717) is 13.0 Å². The number of hydrogen-bond donors (Lipinski definition) is 1. The van der Waals surface area contributed by atoms with Gasteiger partial charge >= 0.3 is 5.69 Å². The van der Waals surface area contributed by atoms with Crippen LogP contribution >= 0.6 is 23.2 Å². The third kappa shape index (κ3) is 1.95. The van der Waals surface area contributed by atoms with Crippen LogP contribution in [0.5, 0.6) is 0 Å². The van der Waals surface area contributed by atoms with E-state index in [2.05, 4.69) is 4.98 Å². The van der Waals surface area contributed by atoms with Crippen molar-refractivity contribution in [1.82, 2.24) is 9.55 Å². The molecule has 72 valence electrons. The molecule has 0 saturated carbocycles. The minimum Gasteiger partial charge on any atom is -0.296 e. The van der Waals surface area contributed by atoms with E-state index in [0.717, 1.165) is 4.57 Å². The van der Waals surface area contributed by atoms with Crippen molar-refractivity contribution in [2.75, 3.05) is 0 Å². The molecule has 6 heteroatoms. The fraction of sp³-hybridized carbons (Fsp3) is 0.429. The molecule has 0 aliphatic carbocycles. The molecule has 13 heavy (non-hydrogen) atoms. The summed E-state index contributed by atoms with van der Waals surface area (Å²) in [6, 6.07) is 0. The zero-order chi connectivity index (χ0) is 10.0. The summed E-state index contributed by atoms with van der Waals surface area (Å²) >= 11 is 11.0. The van der Waals surface area contributed by atoms with Gasteiger partial charge in [-0.3, -0.25) is 14.3 Å². The quantitative estimate of drug-likeness (QED) is 0.767. The molecule has 0 spiro atoms. The summed E-state index contributed by atoms with van der Waals surface area (Å²) in [4.78, 5) is 24.8. The van der Waals surface area contributed by atoms with Crippen LogP contribution in [-0.2, 0) is 6.54 Å². The van der Waals surface area contributed by atoms with Gasteiger partial charge in [0.1, 0.15) is 10.2 Å². The van der Waals surface area contributed by atoms with Crippen molar-refractivity contribution in [3.63, 3.8) is 0 Å². The van der Waals surface area contributed by atoms with Crippen molar-refractivity contribution < 1.29 is 0 Å². The van der Waals surface area contributed by atoms with Crippen LogP contribution in [0.2, 0.25) is 10.2 Å². The molecule has 0 aliphatic rings. The van der Waals surface area contributed by atoms with E-state index in [-0.39, 0.29) is 10.2 Å². The lowest BCUT2D eigenvalue weighted by Gasteiger charge is -2.02. The van der Waals surface area contributed by atoms with Crippen molar-refractivity contribution in [3.05, 3.63) is 31.0 Å². The highest BCUT2D eigenvalue weighted by Crippen LogP contribution is 2.10. The van der Waals surface area contributed by atoms with Gasteiger partial charge in [0.15, 0.2) is 0 Å². The lowest BCUT2D eigenvalue weighted by molar-refractivity contribution is 0.615. The van der Waals surface area contributed by atoms with Crippen LogP contribution in [0.1, 0.15) is 13.3 Å². The normalized spacial score (nSPS) is 10.4. The van der Waals surface area contributed by atoms with Gasteiger partial charge in [-0.25, -0.2) is 4.79 Å². The molecular formula is C7H8Cl2N2O2. The van der Waals surface area contributed by atoms with E-state index in [1.165, 1.54) is 0 Å². The maximum atomic E-state index is 11.3. The Morgan fingerprint density at radius 3 is 2.54 bits per heavy atom. The van der Waals surface area contributed by atoms with Gasteiger partial charge in [-0.15, -0.1) is 0 Å². The Labute approximate surface area is 84.1 Å². The molecule has 1 N–H and O–H groups in total. The van der Waals surface area contributed by atoms with Gasteiger partial charge in [-0.1, -0.05) is 30.1 Å². The Morgan fingerprint density at radius 2 is 2.00 bits per heavy atom. The molecule has 1 aromatic heterocycles. The summed E-state index contributed by atoms with van der Waals surface area (Å²) in [5.74, 6) is 0. The molecule has 1 heterocycles. The molecule has 4 nitrogen and oxygen atoms in total. The minimum absolute atomic E-state index is 0.107. The molecule has 0 radical (unpaired) electrons. The number of aromatic amines is 1. The average Bonchev–Trinajstić information content (AvgIpc) is 2.09. The number of H-pyrrole nitrogens is 1. The van der Waals surface area contributed by atoms with Crippen molar-refractivity contribution in [3.8, 4) is 0 Å². The fourth-order valence-corrected chi connectivity index (χ4v) is 1.26. The van der Waals surface area contributed by atoms with E-state index in [4.69, 9.17) is 23.2 Å². The number of nitrogens with zero attached hydrogens (tertiary/aromatic N) is 1. The largest absolute Gasteiger partial charge is 0.329 e. The summed E-state index contributed by atoms with van der Waals surface area (Å²) in [5.41, 5.74) is -1.07. The van der Waals surface area contributed by atoms with Gasteiger partial charge in [0.05, 0.1) is 0 Å². The van der Waals surface area contributed by atoms with Crippen LogP contribution in [-0.4, -0.2) is 9.55 Å². The van der Waals surface area contributed by atoms with Crippen LogP contribution in [0.4, 0.5) is 0 Å². The third-order valence-electron chi connectivity index (χ3n) is 1.53. The summed E-state index contributed by atoms with van der Waals surface area (Å²) in [5, 5.41) is -0.251. The second kappa shape index (κ2) is 3.98. The van der Waals surface area contributed by atoms with Crippen molar-refractivity contribution in [2.45, 2.75) is 19.9 Å². The second-order valence-corrected chi connectivity index (χ2v) is 3.27. The molecule has 1 aromatic rings. The zero-order valence-corrected chi connectivity index (χ0v) is 8.45. The number of nitrogens with one attached hydrogen (secondary N) is 1. The standard InChI is InChI=1S/C7H8Cl2N2O2/c1-2-3-11-6(12)4(8)5(9)10-7(11)13/h2-3H2,1H3,(H,10,13). The SMILES string of the molecule is CCCn1c(=O)[nH]c(Cl)c(Cl)c1=O. The molecule has 0 atom stereocenters. The van der Waals surface area contributed by atoms with E-state index >= 15 is 0 Å².